The van der Waals surface area contributed by atoms with E-state index in [9.17, 15) is 8.42 Å². The number of sulfonamides is 1. The molecule has 0 saturated carbocycles. The van der Waals surface area contributed by atoms with Crippen molar-refractivity contribution in [3.05, 3.63) is 99.6 Å². The van der Waals surface area contributed by atoms with Crippen molar-refractivity contribution in [2.24, 2.45) is 0 Å². The van der Waals surface area contributed by atoms with E-state index in [1.807, 2.05) is 55.1 Å². The third kappa shape index (κ3) is 5.24. The third-order valence-electron chi connectivity index (χ3n) is 6.82. The third-order valence-corrected chi connectivity index (χ3v) is 8.53. The fourth-order valence-electron chi connectivity index (χ4n) is 5.20. The van der Waals surface area contributed by atoms with Gasteiger partial charge >= 0.3 is 0 Å². The van der Waals surface area contributed by atoms with Gasteiger partial charge in [-0.1, -0.05) is 35.3 Å². The van der Waals surface area contributed by atoms with E-state index in [2.05, 4.69) is 25.7 Å². The summed E-state index contributed by atoms with van der Waals surface area (Å²) in [6.07, 6.45) is 2.84. The fourth-order valence-corrected chi connectivity index (χ4v) is 6.48. The molecule has 12 heteroatoms. The first-order valence-corrected chi connectivity index (χ1v) is 15.4. The van der Waals surface area contributed by atoms with Crippen LogP contribution in [0, 0.1) is 13.8 Å². The lowest BCUT2D eigenvalue weighted by Gasteiger charge is -2.29. The maximum atomic E-state index is 12.1. The zero-order valence-corrected chi connectivity index (χ0v) is 25.3. The van der Waals surface area contributed by atoms with Gasteiger partial charge in [0, 0.05) is 23.3 Å². The predicted molar refractivity (Wildman–Crippen MR) is 165 cm³/mol. The number of thiocarbonyl (C=S) groups is 1. The SMILES string of the molecule is COc1ccc(N2C(=S)N[C@@H](c3ccccn3)[C@@H]2c2cc(C)n(-c3cccc(Cl)c3Cl)c2C)cc1NS(C)(=O)=O. The molecule has 1 fully saturated rings. The number of pyridine rings is 1. The molecule has 0 radical (unpaired) electrons. The number of aromatic nitrogens is 2. The van der Waals surface area contributed by atoms with Crippen molar-refractivity contribution in [1.82, 2.24) is 14.9 Å². The Morgan fingerprint density at radius 3 is 2.52 bits per heavy atom. The first-order chi connectivity index (χ1) is 19.0. The quantitative estimate of drug-likeness (QED) is 0.234. The Hall–Kier alpha value is -3.31. The molecule has 0 spiro atoms. The lowest BCUT2D eigenvalue weighted by Crippen LogP contribution is -2.29. The van der Waals surface area contributed by atoms with E-state index in [-0.39, 0.29) is 12.1 Å². The second-order valence-electron chi connectivity index (χ2n) is 9.49. The minimum absolute atomic E-state index is 0.300. The Labute approximate surface area is 248 Å². The molecule has 0 bridgehead atoms. The maximum absolute atomic E-state index is 12.1. The van der Waals surface area contributed by atoms with Crippen LogP contribution in [0.4, 0.5) is 11.4 Å². The number of anilines is 2. The summed E-state index contributed by atoms with van der Waals surface area (Å²) >= 11 is 18.9. The number of benzene rings is 2. The standard InChI is InChI=1S/C28H27Cl2N5O3S2/c1-16-14-19(17(2)34(16)23-10-7-8-20(29)25(23)30)27-26(21-9-5-6-13-31-21)32-28(39)35(27)18-11-12-24(38-3)22(15-18)33-40(4,36)37/h5-15,26-27,33H,1-4H3,(H,32,39)/t26-,27-/m0/s1. The van der Waals surface area contributed by atoms with Gasteiger partial charge in [0.1, 0.15) is 5.75 Å². The molecular weight excluding hydrogens is 589 g/mol. The summed E-state index contributed by atoms with van der Waals surface area (Å²) in [6.45, 7) is 4.04. The minimum Gasteiger partial charge on any atom is -0.495 e. The maximum Gasteiger partial charge on any atom is 0.229 e. The van der Waals surface area contributed by atoms with E-state index in [0.717, 1.165) is 34.6 Å². The van der Waals surface area contributed by atoms with E-state index in [4.69, 9.17) is 40.2 Å². The lowest BCUT2D eigenvalue weighted by atomic mass is 9.96. The average Bonchev–Trinajstić information content (AvgIpc) is 3.40. The molecule has 1 aliphatic heterocycles. The Morgan fingerprint density at radius 2 is 1.85 bits per heavy atom. The van der Waals surface area contributed by atoms with Crippen molar-refractivity contribution in [2.75, 3.05) is 23.0 Å². The molecule has 1 aliphatic rings. The lowest BCUT2D eigenvalue weighted by molar-refractivity contribution is 0.417. The topological polar surface area (TPSA) is 88.5 Å². The minimum atomic E-state index is -3.56. The molecule has 8 nitrogen and oxygen atoms in total. The molecule has 4 aromatic rings. The van der Waals surface area contributed by atoms with Crippen LogP contribution in [0.5, 0.6) is 5.75 Å². The highest BCUT2D eigenvalue weighted by atomic mass is 35.5. The largest absolute Gasteiger partial charge is 0.495 e. The molecule has 5 rings (SSSR count). The first kappa shape index (κ1) is 28.2. The number of hydrogen-bond donors (Lipinski definition) is 2. The second-order valence-corrected chi connectivity index (χ2v) is 12.4. The summed E-state index contributed by atoms with van der Waals surface area (Å²) in [5.41, 5.74) is 5.47. The van der Waals surface area contributed by atoms with Crippen LogP contribution in [0.3, 0.4) is 0 Å². The zero-order chi connectivity index (χ0) is 28.8. The Kier molecular flexibility index (Phi) is 7.71. The molecule has 2 N–H and O–H groups in total. The van der Waals surface area contributed by atoms with Gasteiger partial charge in [-0.05, 0) is 80.2 Å². The van der Waals surface area contributed by atoms with Crippen LogP contribution in [0.1, 0.15) is 34.7 Å². The number of aryl methyl sites for hydroxylation is 1. The molecule has 2 atom stereocenters. The van der Waals surface area contributed by atoms with Gasteiger partial charge in [-0.2, -0.15) is 0 Å². The van der Waals surface area contributed by atoms with E-state index in [1.54, 1.807) is 24.4 Å². The molecule has 2 aromatic carbocycles. The summed E-state index contributed by atoms with van der Waals surface area (Å²) in [4.78, 5) is 6.61. The van der Waals surface area contributed by atoms with Crippen molar-refractivity contribution in [3.63, 3.8) is 0 Å². The Bertz CT molecular complexity index is 1710. The summed E-state index contributed by atoms with van der Waals surface area (Å²) in [7, 11) is -2.08. The van der Waals surface area contributed by atoms with Crippen LogP contribution in [0.2, 0.25) is 10.0 Å². The summed E-state index contributed by atoms with van der Waals surface area (Å²) < 4.78 is 34.3. The van der Waals surface area contributed by atoms with Gasteiger partial charge in [0.15, 0.2) is 5.11 Å². The number of methoxy groups -OCH3 is 1. The molecule has 2 aromatic heterocycles. The smallest absolute Gasteiger partial charge is 0.229 e. The Morgan fingerprint density at radius 1 is 1.07 bits per heavy atom. The van der Waals surface area contributed by atoms with Crippen molar-refractivity contribution >= 4 is 61.9 Å². The number of rotatable bonds is 7. The van der Waals surface area contributed by atoms with Crippen LogP contribution >= 0.6 is 35.4 Å². The van der Waals surface area contributed by atoms with E-state index in [0.29, 0.717) is 32.3 Å². The van der Waals surface area contributed by atoms with Gasteiger partial charge in [0.2, 0.25) is 10.0 Å². The van der Waals surface area contributed by atoms with Crippen LogP contribution in [0.25, 0.3) is 5.69 Å². The summed E-state index contributed by atoms with van der Waals surface area (Å²) in [5.74, 6) is 0.388. The summed E-state index contributed by atoms with van der Waals surface area (Å²) in [5, 5.41) is 4.85. The monoisotopic (exact) mass is 615 g/mol. The molecule has 40 heavy (non-hydrogen) atoms. The highest BCUT2D eigenvalue weighted by Gasteiger charge is 2.42. The van der Waals surface area contributed by atoms with Gasteiger partial charge in [0.25, 0.3) is 0 Å². The van der Waals surface area contributed by atoms with Crippen LogP contribution < -0.4 is 19.7 Å². The molecule has 0 aliphatic carbocycles. The van der Waals surface area contributed by atoms with Crippen LogP contribution in [-0.4, -0.2) is 36.4 Å². The molecule has 3 heterocycles. The molecule has 1 saturated heterocycles. The second kappa shape index (κ2) is 10.9. The predicted octanol–water partition coefficient (Wildman–Crippen LogP) is 6.35. The number of nitrogens with one attached hydrogen (secondary N) is 2. The first-order valence-electron chi connectivity index (χ1n) is 12.3. The molecular formula is C28H27Cl2N5O3S2. The summed E-state index contributed by atoms with van der Waals surface area (Å²) in [6, 6.07) is 18.1. The fraction of sp³-hybridized carbons (Fsp3) is 0.214. The Balaban J connectivity index is 1.70. The molecule has 0 unspecified atom stereocenters. The van der Waals surface area contributed by atoms with Crippen molar-refractivity contribution in [2.45, 2.75) is 25.9 Å². The van der Waals surface area contributed by atoms with Crippen LogP contribution in [0.15, 0.2) is 66.9 Å². The van der Waals surface area contributed by atoms with Gasteiger partial charge in [-0.15, -0.1) is 0 Å². The highest BCUT2D eigenvalue weighted by molar-refractivity contribution is 7.92. The number of hydrogen-bond acceptors (Lipinski definition) is 5. The number of ether oxygens (including phenoxy) is 1. The van der Waals surface area contributed by atoms with E-state index < -0.39 is 10.0 Å². The van der Waals surface area contributed by atoms with Gasteiger partial charge in [0.05, 0.1) is 52.6 Å². The van der Waals surface area contributed by atoms with Gasteiger partial charge < -0.3 is 19.5 Å². The highest BCUT2D eigenvalue weighted by Crippen LogP contribution is 2.45. The van der Waals surface area contributed by atoms with Gasteiger partial charge in [-0.25, -0.2) is 8.42 Å². The van der Waals surface area contributed by atoms with Gasteiger partial charge in [-0.3, -0.25) is 9.71 Å². The van der Waals surface area contributed by atoms with E-state index >= 15 is 0 Å². The van der Waals surface area contributed by atoms with Crippen molar-refractivity contribution in [1.29, 1.82) is 0 Å². The van der Waals surface area contributed by atoms with Crippen molar-refractivity contribution in [3.8, 4) is 11.4 Å². The zero-order valence-electron chi connectivity index (χ0n) is 22.1. The normalized spacial score (nSPS) is 17.1. The number of halogens is 2. The van der Waals surface area contributed by atoms with Crippen LogP contribution in [-0.2, 0) is 10.0 Å². The van der Waals surface area contributed by atoms with Crippen molar-refractivity contribution < 1.29 is 13.2 Å². The molecule has 208 valence electrons. The van der Waals surface area contributed by atoms with E-state index in [1.165, 1.54) is 7.11 Å². The molecule has 0 amide bonds. The average molecular weight is 617 g/mol. The number of nitrogens with zero attached hydrogens (tertiary/aromatic N) is 3.